The molecule has 3 saturated heterocycles. The van der Waals surface area contributed by atoms with Crippen molar-refractivity contribution >= 4 is 45.4 Å². The molecule has 4 rings (SSSR count). The summed E-state index contributed by atoms with van der Waals surface area (Å²) in [5, 5.41) is 10.4. The van der Waals surface area contributed by atoms with Gasteiger partial charge in [0.05, 0.1) is 29.2 Å². The van der Waals surface area contributed by atoms with Crippen molar-refractivity contribution < 1.29 is 19.5 Å². The summed E-state index contributed by atoms with van der Waals surface area (Å²) < 4.78 is -0.785. The summed E-state index contributed by atoms with van der Waals surface area (Å²) in [4.78, 5) is 48.8. The molecule has 0 radical (unpaired) electrons. The van der Waals surface area contributed by atoms with Gasteiger partial charge in [-0.2, -0.15) is 0 Å². The third kappa shape index (κ3) is 5.54. The number of thioether (sulfide) groups is 1. The fourth-order valence-electron chi connectivity index (χ4n) is 6.98. The molecule has 3 fully saturated rings. The van der Waals surface area contributed by atoms with Crippen LogP contribution in [-0.2, 0) is 20.9 Å². The SMILES string of the molecule is C=CCN(Cc1ccccc1)C(=O)[C@H]1[C@H]2C(=O)N([C@@H](CO)C(C)C)C(C(=O)N(CC=C)C(C)(C)C)C23CC(Br)[C@@H]1S3. The van der Waals surface area contributed by atoms with Gasteiger partial charge in [-0.05, 0) is 38.7 Å². The molecule has 1 spiro atoms. The molecule has 1 aromatic carbocycles. The Hall–Kier alpha value is -2.10. The maximum atomic E-state index is 14.6. The highest BCUT2D eigenvalue weighted by molar-refractivity contribution is 9.09. The molecule has 3 heterocycles. The van der Waals surface area contributed by atoms with Gasteiger partial charge in [-0.1, -0.05) is 72.3 Å². The molecule has 3 aliphatic heterocycles. The molecule has 1 aromatic rings. The van der Waals surface area contributed by atoms with E-state index in [4.69, 9.17) is 0 Å². The number of alkyl halides is 1. The Morgan fingerprint density at radius 2 is 1.80 bits per heavy atom. The lowest BCUT2D eigenvalue weighted by atomic mass is 9.70. The number of likely N-dealkylation sites (tertiary alicyclic amines) is 1. The maximum Gasteiger partial charge on any atom is 0.247 e. The Morgan fingerprint density at radius 3 is 2.34 bits per heavy atom. The van der Waals surface area contributed by atoms with Crippen molar-refractivity contribution in [2.45, 2.75) is 80.0 Å². The Kier molecular flexibility index (Phi) is 9.51. The summed E-state index contributed by atoms with van der Waals surface area (Å²) in [7, 11) is 0. The molecule has 9 heteroatoms. The zero-order valence-electron chi connectivity index (χ0n) is 24.8. The van der Waals surface area contributed by atoms with E-state index in [9.17, 15) is 19.5 Å². The van der Waals surface area contributed by atoms with E-state index in [1.54, 1.807) is 38.6 Å². The monoisotopic (exact) mass is 645 g/mol. The molecule has 1 N–H and O–H groups in total. The fraction of sp³-hybridized carbons (Fsp3) is 0.594. The minimum Gasteiger partial charge on any atom is -0.394 e. The van der Waals surface area contributed by atoms with Crippen molar-refractivity contribution in [3.8, 4) is 0 Å². The van der Waals surface area contributed by atoms with Gasteiger partial charge in [0.2, 0.25) is 17.7 Å². The second kappa shape index (κ2) is 12.3. The van der Waals surface area contributed by atoms with E-state index < -0.39 is 34.2 Å². The molecule has 0 saturated carbocycles. The molecule has 0 aliphatic carbocycles. The second-order valence-corrected chi connectivity index (χ2v) is 15.5. The predicted octanol–water partition coefficient (Wildman–Crippen LogP) is 4.50. The summed E-state index contributed by atoms with van der Waals surface area (Å²) in [5.74, 6) is -1.77. The van der Waals surface area contributed by atoms with E-state index in [1.807, 2.05) is 65.0 Å². The second-order valence-electron chi connectivity index (χ2n) is 12.8. The van der Waals surface area contributed by atoms with Gasteiger partial charge in [0.1, 0.15) is 6.04 Å². The van der Waals surface area contributed by atoms with E-state index >= 15 is 0 Å². The summed E-state index contributed by atoms with van der Waals surface area (Å²) in [6.45, 7) is 18.5. The number of aliphatic hydroxyl groups is 1. The lowest BCUT2D eigenvalue weighted by Gasteiger charge is -2.44. The number of fused-ring (bicyclic) bond motifs is 1. The largest absolute Gasteiger partial charge is 0.394 e. The lowest BCUT2D eigenvalue weighted by Crippen LogP contribution is -2.61. The number of carbonyl (C=O) groups is 3. The average Bonchev–Trinajstić information content (AvgIpc) is 3.50. The van der Waals surface area contributed by atoms with Crippen molar-refractivity contribution in [3.63, 3.8) is 0 Å². The first-order chi connectivity index (χ1) is 19.3. The molecular formula is C32H44BrN3O4S. The molecule has 3 amide bonds. The van der Waals surface area contributed by atoms with Crippen LogP contribution in [0.2, 0.25) is 0 Å². The molecule has 0 aromatic heterocycles. The number of hydrogen-bond donors (Lipinski definition) is 1. The van der Waals surface area contributed by atoms with E-state index in [0.29, 0.717) is 26.1 Å². The zero-order chi connectivity index (χ0) is 30.3. The predicted molar refractivity (Wildman–Crippen MR) is 168 cm³/mol. The molecular weight excluding hydrogens is 602 g/mol. The Morgan fingerprint density at radius 1 is 1.17 bits per heavy atom. The maximum absolute atomic E-state index is 14.6. The highest BCUT2D eigenvalue weighted by Crippen LogP contribution is 2.68. The Bertz CT molecular complexity index is 1170. The first-order valence-electron chi connectivity index (χ1n) is 14.4. The van der Waals surface area contributed by atoms with Crippen LogP contribution in [0.5, 0.6) is 0 Å². The molecule has 3 unspecified atom stereocenters. The van der Waals surface area contributed by atoms with Gasteiger partial charge in [0.15, 0.2) is 0 Å². The van der Waals surface area contributed by atoms with Gasteiger partial charge >= 0.3 is 0 Å². The molecule has 3 aliphatic rings. The van der Waals surface area contributed by atoms with Crippen molar-refractivity contribution in [2.75, 3.05) is 19.7 Å². The number of rotatable bonds is 11. The van der Waals surface area contributed by atoms with Gasteiger partial charge in [-0.3, -0.25) is 14.4 Å². The summed E-state index contributed by atoms with van der Waals surface area (Å²) in [6, 6.07) is 8.47. The minimum absolute atomic E-state index is 0.0304. The fourth-order valence-corrected chi connectivity index (χ4v) is 10.6. The van der Waals surface area contributed by atoms with E-state index in [0.717, 1.165) is 5.56 Å². The molecule has 7 nitrogen and oxygen atoms in total. The standard InChI is InChI=1S/C32H44BrN3O4S/c1-8-15-34(18-21-13-11-10-12-14-21)28(38)24-25-29(39)36(23(19-37)20(3)4)27(32(25)17-22(33)26(24)41-32)30(40)35(16-9-2)31(5,6)7/h8-14,20,22-27,37H,1-2,15-19H2,3-7H3/t22?,23-,24-,25-,26-,27?,32?/m0/s1. The third-order valence-electron chi connectivity index (χ3n) is 8.82. The van der Waals surface area contributed by atoms with Gasteiger partial charge in [0, 0.05) is 35.3 Å². The van der Waals surface area contributed by atoms with Crippen LogP contribution in [0.1, 0.15) is 46.6 Å². The van der Waals surface area contributed by atoms with Crippen LogP contribution in [0.4, 0.5) is 0 Å². The number of amides is 3. The van der Waals surface area contributed by atoms with Crippen molar-refractivity contribution in [1.82, 2.24) is 14.7 Å². The van der Waals surface area contributed by atoms with Crippen LogP contribution in [0.3, 0.4) is 0 Å². The van der Waals surface area contributed by atoms with Crippen LogP contribution in [0.25, 0.3) is 0 Å². The average molecular weight is 647 g/mol. The highest BCUT2D eigenvalue weighted by Gasteiger charge is 2.76. The van der Waals surface area contributed by atoms with Crippen molar-refractivity contribution in [1.29, 1.82) is 0 Å². The van der Waals surface area contributed by atoms with Crippen LogP contribution in [-0.4, -0.2) is 89.7 Å². The first-order valence-corrected chi connectivity index (χ1v) is 16.2. The van der Waals surface area contributed by atoms with Crippen LogP contribution < -0.4 is 0 Å². The van der Waals surface area contributed by atoms with Crippen molar-refractivity contribution in [3.05, 3.63) is 61.2 Å². The summed E-state index contributed by atoms with van der Waals surface area (Å²) in [6.07, 6.45) is 4.02. The summed E-state index contributed by atoms with van der Waals surface area (Å²) >= 11 is 5.49. The zero-order valence-corrected chi connectivity index (χ0v) is 27.2. The lowest BCUT2D eigenvalue weighted by molar-refractivity contribution is -0.149. The number of carbonyl (C=O) groups excluding carboxylic acids is 3. The van der Waals surface area contributed by atoms with E-state index in [1.165, 1.54) is 0 Å². The van der Waals surface area contributed by atoms with Gasteiger partial charge in [-0.25, -0.2) is 0 Å². The smallest absolute Gasteiger partial charge is 0.247 e. The minimum atomic E-state index is -0.798. The van der Waals surface area contributed by atoms with E-state index in [2.05, 4.69) is 29.1 Å². The molecule has 224 valence electrons. The van der Waals surface area contributed by atoms with Gasteiger partial charge in [-0.15, -0.1) is 24.9 Å². The number of hydrogen-bond acceptors (Lipinski definition) is 5. The topological polar surface area (TPSA) is 81.2 Å². The quantitative estimate of drug-likeness (QED) is 0.283. The van der Waals surface area contributed by atoms with E-state index in [-0.39, 0.29) is 40.3 Å². The number of benzene rings is 1. The van der Waals surface area contributed by atoms with Crippen LogP contribution >= 0.6 is 27.7 Å². The Balaban J connectivity index is 1.82. The Labute approximate surface area is 257 Å². The first kappa shape index (κ1) is 31.8. The molecule has 7 atom stereocenters. The van der Waals surface area contributed by atoms with Gasteiger partial charge < -0.3 is 19.8 Å². The molecule has 2 bridgehead atoms. The number of nitrogens with zero attached hydrogens (tertiary/aromatic N) is 3. The van der Waals surface area contributed by atoms with Crippen molar-refractivity contribution in [2.24, 2.45) is 17.8 Å². The normalized spacial score (nSPS) is 29.4. The highest BCUT2D eigenvalue weighted by atomic mass is 79.9. The number of halogens is 1. The molecule has 41 heavy (non-hydrogen) atoms. The van der Waals surface area contributed by atoms with Crippen LogP contribution in [0, 0.1) is 17.8 Å². The summed E-state index contributed by atoms with van der Waals surface area (Å²) in [5.41, 5.74) is 0.489. The number of aliphatic hydroxyl groups excluding tert-OH is 1. The van der Waals surface area contributed by atoms with Gasteiger partial charge in [0.25, 0.3) is 0 Å². The third-order valence-corrected chi connectivity index (χ3v) is 12.0. The van der Waals surface area contributed by atoms with Crippen LogP contribution in [0.15, 0.2) is 55.6 Å².